The Bertz CT molecular complexity index is 918. The zero-order chi connectivity index (χ0) is 17.6. The highest BCUT2D eigenvalue weighted by Gasteiger charge is 2.06. The summed E-state index contributed by atoms with van der Waals surface area (Å²) in [7, 11) is 3.23. The van der Waals surface area contributed by atoms with Gasteiger partial charge in [-0.3, -0.25) is 4.79 Å². The highest BCUT2D eigenvalue weighted by atomic mass is 16.5. The summed E-state index contributed by atoms with van der Waals surface area (Å²) in [4.78, 5) is 12.1. The fourth-order valence-electron chi connectivity index (χ4n) is 2.55. The molecular formula is C20H18N2O3. The lowest BCUT2D eigenvalue weighted by atomic mass is 10.0. The second-order valence-corrected chi connectivity index (χ2v) is 5.33. The van der Waals surface area contributed by atoms with Crippen molar-refractivity contribution in [2.75, 3.05) is 14.2 Å². The summed E-state index contributed by atoms with van der Waals surface area (Å²) >= 11 is 0. The SMILES string of the molecule is COc1ccc(C(=O)N/N=C/c2ccc(OC)c3ccccc23)cc1. The Morgan fingerprint density at radius 3 is 2.32 bits per heavy atom. The van der Waals surface area contributed by atoms with E-state index in [0.29, 0.717) is 11.3 Å². The molecule has 3 aromatic rings. The first-order chi connectivity index (χ1) is 12.2. The Balaban J connectivity index is 1.78. The molecule has 5 nitrogen and oxygen atoms in total. The Kier molecular flexibility index (Phi) is 4.95. The molecule has 0 unspecified atom stereocenters. The molecule has 0 radical (unpaired) electrons. The molecule has 1 amide bonds. The number of nitrogens with zero attached hydrogens (tertiary/aromatic N) is 1. The molecule has 126 valence electrons. The molecule has 0 bridgehead atoms. The maximum Gasteiger partial charge on any atom is 0.271 e. The van der Waals surface area contributed by atoms with Crippen molar-refractivity contribution in [1.29, 1.82) is 0 Å². The van der Waals surface area contributed by atoms with E-state index in [1.807, 2.05) is 36.4 Å². The fourth-order valence-corrected chi connectivity index (χ4v) is 2.55. The van der Waals surface area contributed by atoms with Gasteiger partial charge in [-0.05, 0) is 41.8 Å². The Morgan fingerprint density at radius 1 is 0.920 bits per heavy atom. The van der Waals surface area contributed by atoms with Crippen molar-refractivity contribution in [1.82, 2.24) is 5.43 Å². The quantitative estimate of drug-likeness (QED) is 0.573. The van der Waals surface area contributed by atoms with E-state index in [-0.39, 0.29) is 5.91 Å². The van der Waals surface area contributed by atoms with Crippen molar-refractivity contribution in [3.05, 3.63) is 71.8 Å². The molecule has 5 heteroatoms. The number of hydrazone groups is 1. The fraction of sp³-hybridized carbons (Fsp3) is 0.100. The standard InChI is InChI=1S/C20H18N2O3/c1-24-16-10-7-14(8-11-16)20(23)22-21-13-15-9-12-19(25-2)18-6-4-3-5-17(15)18/h3-13H,1-2H3,(H,22,23)/b21-13+. The molecule has 0 fully saturated rings. The van der Waals surface area contributed by atoms with E-state index < -0.39 is 0 Å². The minimum absolute atomic E-state index is 0.281. The Labute approximate surface area is 145 Å². The van der Waals surface area contributed by atoms with E-state index in [1.165, 1.54) is 0 Å². The zero-order valence-corrected chi connectivity index (χ0v) is 14.0. The van der Waals surface area contributed by atoms with Crippen LogP contribution in [0.1, 0.15) is 15.9 Å². The van der Waals surface area contributed by atoms with Crippen LogP contribution in [0.15, 0.2) is 65.8 Å². The van der Waals surface area contributed by atoms with Gasteiger partial charge in [0.1, 0.15) is 11.5 Å². The van der Waals surface area contributed by atoms with Crippen molar-refractivity contribution < 1.29 is 14.3 Å². The third-order valence-corrected chi connectivity index (χ3v) is 3.86. The van der Waals surface area contributed by atoms with Crippen LogP contribution in [0.4, 0.5) is 0 Å². The summed E-state index contributed by atoms with van der Waals surface area (Å²) in [5.74, 6) is 1.22. The second-order valence-electron chi connectivity index (χ2n) is 5.33. The highest BCUT2D eigenvalue weighted by Crippen LogP contribution is 2.27. The lowest BCUT2D eigenvalue weighted by Crippen LogP contribution is -2.17. The van der Waals surface area contributed by atoms with Crippen LogP contribution in [0.3, 0.4) is 0 Å². The average Bonchev–Trinajstić information content (AvgIpc) is 2.68. The molecule has 0 aliphatic rings. The summed E-state index contributed by atoms with van der Waals surface area (Å²) < 4.78 is 10.5. The lowest BCUT2D eigenvalue weighted by molar-refractivity contribution is 0.0955. The van der Waals surface area contributed by atoms with Crippen molar-refractivity contribution in [2.45, 2.75) is 0 Å². The first-order valence-corrected chi connectivity index (χ1v) is 7.76. The molecular weight excluding hydrogens is 316 g/mol. The van der Waals surface area contributed by atoms with Crippen LogP contribution < -0.4 is 14.9 Å². The molecule has 0 heterocycles. The van der Waals surface area contributed by atoms with Crippen LogP contribution in [0.25, 0.3) is 10.8 Å². The van der Waals surface area contributed by atoms with E-state index in [4.69, 9.17) is 9.47 Å². The third kappa shape index (κ3) is 3.61. The van der Waals surface area contributed by atoms with Gasteiger partial charge in [0.15, 0.2) is 0 Å². The summed E-state index contributed by atoms with van der Waals surface area (Å²) in [6.45, 7) is 0. The van der Waals surface area contributed by atoms with Crippen molar-refractivity contribution >= 4 is 22.9 Å². The molecule has 0 atom stereocenters. The van der Waals surface area contributed by atoms with Gasteiger partial charge in [0.25, 0.3) is 5.91 Å². The number of fused-ring (bicyclic) bond motifs is 1. The Hall–Kier alpha value is -3.34. The van der Waals surface area contributed by atoms with E-state index in [1.54, 1.807) is 44.7 Å². The molecule has 1 N–H and O–H groups in total. The summed E-state index contributed by atoms with van der Waals surface area (Å²) in [5.41, 5.74) is 3.94. The number of methoxy groups -OCH3 is 2. The minimum atomic E-state index is -0.281. The van der Waals surface area contributed by atoms with Crippen LogP contribution in [0.5, 0.6) is 11.5 Å². The number of nitrogens with one attached hydrogen (secondary N) is 1. The smallest absolute Gasteiger partial charge is 0.271 e. The topological polar surface area (TPSA) is 59.9 Å². The number of carbonyl (C=O) groups is 1. The molecule has 25 heavy (non-hydrogen) atoms. The van der Waals surface area contributed by atoms with Crippen LogP contribution in [-0.2, 0) is 0 Å². The first-order valence-electron chi connectivity index (χ1n) is 7.76. The van der Waals surface area contributed by atoms with Gasteiger partial charge in [0, 0.05) is 16.5 Å². The van der Waals surface area contributed by atoms with Crippen molar-refractivity contribution in [3.8, 4) is 11.5 Å². The normalized spacial score (nSPS) is 10.8. The number of amides is 1. The summed E-state index contributed by atoms with van der Waals surface area (Å²) in [6, 6.07) is 18.5. The van der Waals surface area contributed by atoms with Gasteiger partial charge in [0.2, 0.25) is 0 Å². The van der Waals surface area contributed by atoms with E-state index in [2.05, 4.69) is 10.5 Å². The molecule has 0 saturated heterocycles. The number of hydrogen-bond donors (Lipinski definition) is 1. The van der Waals surface area contributed by atoms with Gasteiger partial charge in [-0.2, -0.15) is 5.10 Å². The molecule has 0 aromatic heterocycles. The van der Waals surface area contributed by atoms with Gasteiger partial charge in [-0.15, -0.1) is 0 Å². The maximum atomic E-state index is 12.1. The number of benzene rings is 3. The van der Waals surface area contributed by atoms with Crippen LogP contribution in [0.2, 0.25) is 0 Å². The molecule has 0 spiro atoms. The zero-order valence-electron chi connectivity index (χ0n) is 14.0. The predicted molar refractivity (Wildman–Crippen MR) is 98.6 cm³/mol. The van der Waals surface area contributed by atoms with Gasteiger partial charge >= 0.3 is 0 Å². The third-order valence-electron chi connectivity index (χ3n) is 3.86. The molecule has 3 rings (SSSR count). The highest BCUT2D eigenvalue weighted by molar-refractivity contribution is 6.03. The molecule has 0 aliphatic heterocycles. The summed E-state index contributed by atoms with van der Waals surface area (Å²) in [6.07, 6.45) is 1.63. The Morgan fingerprint density at radius 2 is 1.64 bits per heavy atom. The van der Waals surface area contributed by atoms with Crippen molar-refractivity contribution in [3.63, 3.8) is 0 Å². The summed E-state index contributed by atoms with van der Waals surface area (Å²) in [5, 5.41) is 6.07. The largest absolute Gasteiger partial charge is 0.497 e. The van der Waals surface area contributed by atoms with Gasteiger partial charge < -0.3 is 9.47 Å². The predicted octanol–water partition coefficient (Wildman–Crippen LogP) is 3.62. The van der Waals surface area contributed by atoms with E-state index >= 15 is 0 Å². The average molecular weight is 334 g/mol. The van der Waals surface area contributed by atoms with Crippen LogP contribution in [0, 0.1) is 0 Å². The maximum absolute atomic E-state index is 12.1. The van der Waals surface area contributed by atoms with Crippen LogP contribution in [-0.4, -0.2) is 26.3 Å². The monoisotopic (exact) mass is 334 g/mol. The van der Waals surface area contributed by atoms with Gasteiger partial charge in [0.05, 0.1) is 20.4 Å². The molecule has 3 aromatic carbocycles. The van der Waals surface area contributed by atoms with Gasteiger partial charge in [-0.1, -0.05) is 24.3 Å². The second kappa shape index (κ2) is 7.49. The molecule has 0 saturated carbocycles. The first kappa shape index (κ1) is 16.5. The van der Waals surface area contributed by atoms with Crippen molar-refractivity contribution in [2.24, 2.45) is 5.10 Å². The van der Waals surface area contributed by atoms with Gasteiger partial charge in [-0.25, -0.2) is 5.43 Å². The van der Waals surface area contributed by atoms with E-state index in [9.17, 15) is 4.79 Å². The number of rotatable bonds is 5. The number of ether oxygens (including phenoxy) is 2. The van der Waals surface area contributed by atoms with Crippen LogP contribution >= 0.6 is 0 Å². The number of carbonyl (C=O) groups excluding carboxylic acids is 1. The van der Waals surface area contributed by atoms with E-state index in [0.717, 1.165) is 22.1 Å². The molecule has 0 aliphatic carbocycles. The lowest BCUT2D eigenvalue weighted by Gasteiger charge is -2.07. The minimum Gasteiger partial charge on any atom is -0.497 e. The number of hydrogen-bond acceptors (Lipinski definition) is 4.